The number of hydrogen-bond donors (Lipinski definition) is 2. The fourth-order valence-electron chi connectivity index (χ4n) is 0.715. The molecule has 1 amide bonds. The first kappa shape index (κ1) is 11.4. The van der Waals surface area contributed by atoms with E-state index in [0.29, 0.717) is 13.0 Å². The third kappa shape index (κ3) is 5.09. The van der Waals surface area contributed by atoms with Gasteiger partial charge in [0.05, 0.1) is 6.54 Å². The Bertz CT molecular complexity index is 137. The molecule has 0 bridgehead atoms. The van der Waals surface area contributed by atoms with Crippen LogP contribution >= 0.6 is 0 Å². The van der Waals surface area contributed by atoms with Gasteiger partial charge in [0, 0.05) is 26.7 Å². The Morgan fingerprint density at radius 3 is 2.58 bits per heavy atom. The third-order valence-electron chi connectivity index (χ3n) is 1.66. The van der Waals surface area contributed by atoms with Crippen LogP contribution in [0.2, 0.25) is 0 Å². The maximum absolute atomic E-state index is 11.1. The van der Waals surface area contributed by atoms with Crippen LogP contribution in [0.5, 0.6) is 0 Å². The van der Waals surface area contributed by atoms with Crippen molar-refractivity contribution in [2.45, 2.75) is 19.4 Å². The Morgan fingerprint density at radius 2 is 2.17 bits per heavy atom. The number of likely N-dealkylation sites (N-methyl/N-ethyl adjacent to an activating group) is 1. The number of rotatable bonds is 5. The van der Waals surface area contributed by atoms with Crippen molar-refractivity contribution in [3.8, 4) is 0 Å². The molecule has 0 aliphatic rings. The summed E-state index contributed by atoms with van der Waals surface area (Å²) in [5.74, 6) is 0.0554. The Hall–Kier alpha value is -0.610. The standard InChI is InChI=1S/C8H18N2O2/c1-7(4-5-11)9-6-8(12)10(2)3/h7,9,11H,4-6H2,1-3H3. The van der Waals surface area contributed by atoms with E-state index in [4.69, 9.17) is 5.11 Å². The highest BCUT2D eigenvalue weighted by atomic mass is 16.3. The molecule has 12 heavy (non-hydrogen) atoms. The van der Waals surface area contributed by atoms with Crippen LogP contribution in [0.4, 0.5) is 0 Å². The van der Waals surface area contributed by atoms with Gasteiger partial charge in [-0.3, -0.25) is 4.79 Å². The average molecular weight is 174 g/mol. The second-order valence-corrected chi connectivity index (χ2v) is 3.08. The summed E-state index contributed by atoms with van der Waals surface area (Å²) in [5, 5.41) is 11.6. The first-order valence-electron chi connectivity index (χ1n) is 4.12. The number of aliphatic hydroxyl groups is 1. The molecule has 0 aliphatic carbocycles. The molecule has 0 aromatic heterocycles. The summed E-state index contributed by atoms with van der Waals surface area (Å²) < 4.78 is 0. The lowest BCUT2D eigenvalue weighted by Gasteiger charge is -2.14. The zero-order valence-corrected chi connectivity index (χ0v) is 8.00. The molecule has 2 N–H and O–H groups in total. The van der Waals surface area contributed by atoms with Crippen molar-refractivity contribution in [2.75, 3.05) is 27.2 Å². The molecule has 1 atom stereocenters. The molecule has 0 aliphatic heterocycles. The molecule has 72 valence electrons. The minimum atomic E-state index is 0.0554. The molecular weight excluding hydrogens is 156 g/mol. The van der Waals surface area contributed by atoms with E-state index in [1.807, 2.05) is 6.92 Å². The minimum Gasteiger partial charge on any atom is -0.396 e. The van der Waals surface area contributed by atoms with Crippen molar-refractivity contribution < 1.29 is 9.90 Å². The molecule has 4 nitrogen and oxygen atoms in total. The summed E-state index contributed by atoms with van der Waals surface area (Å²) in [6.07, 6.45) is 0.681. The zero-order chi connectivity index (χ0) is 9.56. The predicted molar refractivity (Wildman–Crippen MR) is 47.9 cm³/mol. The van der Waals surface area contributed by atoms with E-state index in [9.17, 15) is 4.79 Å². The number of aliphatic hydroxyl groups excluding tert-OH is 1. The summed E-state index contributed by atoms with van der Waals surface area (Å²) in [7, 11) is 3.45. The van der Waals surface area contributed by atoms with Crippen molar-refractivity contribution >= 4 is 5.91 Å². The lowest BCUT2D eigenvalue weighted by Crippen LogP contribution is -2.37. The van der Waals surface area contributed by atoms with E-state index >= 15 is 0 Å². The molecule has 0 spiro atoms. The zero-order valence-electron chi connectivity index (χ0n) is 8.00. The Kier molecular flexibility index (Phi) is 5.66. The predicted octanol–water partition coefficient (Wildman–Crippen LogP) is -0.565. The van der Waals surface area contributed by atoms with Crippen LogP contribution in [0.25, 0.3) is 0 Å². The normalized spacial score (nSPS) is 12.7. The van der Waals surface area contributed by atoms with Crippen LogP contribution in [0.1, 0.15) is 13.3 Å². The topological polar surface area (TPSA) is 52.6 Å². The van der Waals surface area contributed by atoms with E-state index in [2.05, 4.69) is 5.32 Å². The summed E-state index contributed by atoms with van der Waals surface area (Å²) in [6, 6.07) is 0.193. The van der Waals surface area contributed by atoms with Gasteiger partial charge >= 0.3 is 0 Å². The Labute approximate surface area is 73.6 Å². The lowest BCUT2D eigenvalue weighted by molar-refractivity contribution is -0.127. The number of amides is 1. The summed E-state index contributed by atoms with van der Waals surface area (Å²) in [4.78, 5) is 12.6. The van der Waals surface area contributed by atoms with Crippen molar-refractivity contribution in [2.24, 2.45) is 0 Å². The fourth-order valence-corrected chi connectivity index (χ4v) is 0.715. The molecule has 0 aromatic rings. The highest BCUT2D eigenvalue weighted by molar-refractivity contribution is 5.77. The van der Waals surface area contributed by atoms with Crippen LogP contribution in [0.15, 0.2) is 0 Å². The monoisotopic (exact) mass is 174 g/mol. The summed E-state index contributed by atoms with van der Waals surface area (Å²) in [6.45, 7) is 2.44. The molecule has 4 heteroatoms. The number of nitrogens with zero attached hydrogens (tertiary/aromatic N) is 1. The molecular formula is C8H18N2O2. The van der Waals surface area contributed by atoms with Gasteiger partial charge < -0.3 is 15.3 Å². The summed E-state index contributed by atoms with van der Waals surface area (Å²) >= 11 is 0. The number of nitrogens with one attached hydrogen (secondary N) is 1. The molecule has 0 saturated carbocycles. The van der Waals surface area contributed by atoms with Crippen molar-refractivity contribution in [1.29, 1.82) is 0 Å². The van der Waals surface area contributed by atoms with E-state index < -0.39 is 0 Å². The van der Waals surface area contributed by atoms with Gasteiger partial charge in [0.1, 0.15) is 0 Å². The molecule has 0 fully saturated rings. The average Bonchev–Trinajstić information content (AvgIpc) is 2.00. The van der Waals surface area contributed by atoms with Crippen molar-refractivity contribution in [3.05, 3.63) is 0 Å². The fraction of sp³-hybridized carbons (Fsp3) is 0.875. The highest BCUT2D eigenvalue weighted by Crippen LogP contribution is 1.87. The molecule has 1 unspecified atom stereocenters. The number of hydrogen-bond acceptors (Lipinski definition) is 3. The van der Waals surface area contributed by atoms with Crippen LogP contribution in [0.3, 0.4) is 0 Å². The van der Waals surface area contributed by atoms with Gasteiger partial charge in [-0.15, -0.1) is 0 Å². The molecule has 0 aromatic carbocycles. The highest BCUT2D eigenvalue weighted by Gasteiger charge is 2.05. The van der Waals surface area contributed by atoms with Crippen LogP contribution in [0, 0.1) is 0 Å². The van der Waals surface area contributed by atoms with Gasteiger partial charge in [-0.05, 0) is 13.3 Å². The van der Waals surface area contributed by atoms with Gasteiger partial charge in [0.2, 0.25) is 5.91 Å². The third-order valence-corrected chi connectivity index (χ3v) is 1.66. The summed E-state index contributed by atoms with van der Waals surface area (Å²) in [5.41, 5.74) is 0. The maximum atomic E-state index is 11.1. The smallest absolute Gasteiger partial charge is 0.236 e. The maximum Gasteiger partial charge on any atom is 0.236 e. The quantitative estimate of drug-likeness (QED) is 0.587. The molecule has 0 rings (SSSR count). The van der Waals surface area contributed by atoms with Crippen LogP contribution < -0.4 is 5.32 Å². The van der Waals surface area contributed by atoms with Crippen LogP contribution in [-0.4, -0.2) is 49.2 Å². The van der Waals surface area contributed by atoms with Gasteiger partial charge in [0.25, 0.3) is 0 Å². The SMILES string of the molecule is CC(CCO)NCC(=O)N(C)C. The second-order valence-electron chi connectivity index (χ2n) is 3.08. The molecule has 0 heterocycles. The first-order valence-corrected chi connectivity index (χ1v) is 4.12. The van der Waals surface area contributed by atoms with Gasteiger partial charge in [-0.25, -0.2) is 0 Å². The van der Waals surface area contributed by atoms with Gasteiger partial charge in [-0.1, -0.05) is 0 Å². The van der Waals surface area contributed by atoms with Crippen LogP contribution in [-0.2, 0) is 4.79 Å². The Morgan fingerprint density at radius 1 is 1.58 bits per heavy atom. The molecule has 0 saturated heterocycles. The van der Waals surface area contributed by atoms with E-state index in [-0.39, 0.29) is 18.6 Å². The first-order chi connectivity index (χ1) is 5.57. The second kappa shape index (κ2) is 5.97. The number of carbonyl (C=O) groups excluding carboxylic acids is 1. The van der Waals surface area contributed by atoms with Gasteiger partial charge in [0.15, 0.2) is 0 Å². The largest absolute Gasteiger partial charge is 0.396 e. The van der Waals surface area contributed by atoms with E-state index in [1.54, 1.807) is 19.0 Å². The minimum absolute atomic E-state index is 0.0554. The van der Waals surface area contributed by atoms with E-state index in [0.717, 1.165) is 0 Å². The van der Waals surface area contributed by atoms with E-state index in [1.165, 1.54) is 0 Å². The molecule has 0 radical (unpaired) electrons. The van der Waals surface area contributed by atoms with Crippen molar-refractivity contribution in [3.63, 3.8) is 0 Å². The van der Waals surface area contributed by atoms with Crippen molar-refractivity contribution in [1.82, 2.24) is 10.2 Å². The lowest BCUT2D eigenvalue weighted by atomic mass is 10.2. The Balaban J connectivity index is 3.47. The van der Waals surface area contributed by atoms with Gasteiger partial charge in [-0.2, -0.15) is 0 Å². The number of carbonyl (C=O) groups is 1.